The lowest BCUT2D eigenvalue weighted by Gasteiger charge is -2.33. The van der Waals surface area contributed by atoms with Crippen LogP contribution in [0.3, 0.4) is 0 Å². The fourth-order valence-corrected chi connectivity index (χ4v) is 2.55. The summed E-state index contributed by atoms with van der Waals surface area (Å²) in [5, 5.41) is 0. The summed E-state index contributed by atoms with van der Waals surface area (Å²) in [6, 6.07) is 0. The van der Waals surface area contributed by atoms with Crippen LogP contribution in [0.5, 0.6) is 0 Å². The third-order valence-electron chi connectivity index (χ3n) is 3.11. The van der Waals surface area contributed by atoms with Gasteiger partial charge in [-0.25, -0.2) is 0 Å². The number of hydrogen-bond donors (Lipinski definition) is 0. The maximum absolute atomic E-state index is 5.70. The van der Waals surface area contributed by atoms with E-state index in [9.17, 15) is 0 Å². The second-order valence-corrected chi connectivity index (χ2v) is 4.35. The van der Waals surface area contributed by atoms with E-state index in [1.54, 1.807) is 5.57 Å². The third kappa shape index (κ3) is 1.37. The van der Waals surface area contributed by atoms with Gasteiger partial charge in [0, 0.05) is 6.42 Å². The number of ether oxygens (including phenoxy) is 1. The Morgan fingerprint density at radius 3 is 3.00 bits per heavy atom. The molecule has 0 bridgehead atoms. The van der Waals surface area contributed by atoms with Crippen molar-refractivity contribution in [2.45, 2.75) is 39.5 Å². The van der Waals surface area contributed by atoms with E-state index >= 15 is 0 Å². The molecule has 0 amide bonds. The van der Waals surface area contributed by atoms with Gasteiger partial charge < -0.3 is 4.74 Å². The molecule has 2 atom stereocenters. The number of hydrogen-bond acceptors (Lipinski definition) is 1. The Morgan fingerprint density at radius 2 is 2.17 bits per heavy atom. The van der Waals surface area contributed by atoms with Gasteiger partial charge in [-0.2, -0.15) is 0 Å². The van der Waals surface area contributed by atoms with Crippen molar-refractivity contribution in [3.05, 3.63) is 11.3 Å². The van der Waals surface area contributed by atoms with E-state index in [0.717, 1.165) is 18.4 Å². The van der Waals surface area contributed by atoms with Crippen molar-refractivity contribution in [3.63, 3.8) is 0 Å². The van der Waals surface area contributed by atoms with Crippen molar-refractivity contribution in [1.82, 2.24) is 0 Å². The lowest BCUT2D eigenvalue weighted by Crippen LogP contribution is -2.20. The molecule has 1 nitrogen and oxygen atoms in total. The summed E-state index contributed by atoms with van der Waals surface area (Å²) in [5.41, 5.74) is 1.62. The van der Waals surface area contributed by atoms with Crippen LogP contribution in [0.25, 0.3) is 0 Å². The maximum atomic E-state index is 5.70. The van der Waals surface area contributed by atoms with Gasteiger partial charge >= 0.3 is 0 Å². The minimum atomic E-state index is 0.782. The molecule has 12 heavy (non-hydrogen) atoms. The highest BCUT2D eigenvalue weighted by Gasteiger charge is 2.26. The lowest BCUT2D eigenvalue weighted by atomic mass is 9.79. The van der Waals surface area contributed by atoms with E-state index in [-0.39, 0.29) is 0 Å². The van der Waals surface area contributed by atoms with E-state index in [2.05, 4.69) is 13.8 Å². The predicted octanol–water partition coefficient (Wildman–Crippen LogP) is 3.12. The zero-order valence-electron chi connectivity index (χ0n) is 8.10. The Bertz CT molecular complexity index is 205. The summed E-state index contributed by atoms with van der Waals surface area (Å²) in [7, 11) is 0. The van der Waals surface area contributed by atoms with Gasteiger partial charge in [-0.1, -0.05) is 13.8 Å². The third-order valence-corrected chi connectivity index (χ3v) is 3.11. The minimum Gasteiger partial charge on any atom is -0.498 e. The van der Waals surface area contributed by atoms with Gasteiger partial charge in [-0.15, -0.1) is 0 Å². The minimum absolute atomic E-state index is 0.782. The summed E-state index contributed by atoms with van der Waals surface area (Å²) in [6.45, 7) is 5.64. The molecule has 0 aromatic carbocycles. The summed E-state index contributed by atoms with van der Waals surface area (Å²) in [6.07, 6.45) is 5.09. The van der Waals surface area contributed by atoms with Crippen molar-refractivity contribution < 1.29 is 4.74 Å². The SMILES string of the molecule is C[C@H]1CC2=C(CCCO2)[C@H](C)C1. The van der Waals surface area contributed by atoms with Gasteiger partial charge in [0.15, 0.2) is 0 Å². The van der Waals surface area contributed by atoms with Crippen LogP contribution in [-0.4, -0.2) is 6.61 Å². The molecular formula is C11H18O. The topological polar surface area (TPSA) is 9.23 Å². The first-order valence-electron chi connectivity index (χ1n) is 5.12. The quantitative estimate of drug-likeness (QED) is 0.537. The molecule has 2 rings (SSSR count). The van der Waals surface area contributed by atoms with Crippen LogP contribution < -0.4 is 0 Å². The van der Waals surface area contributed by atoms with Crippen molar-refractivity contribution >= 4 is 0 Å². The normalized spacial score (nSPS) is 35.8. The van der Waals surface area contributed by atoms with Crippen molar-refractivity contribution in [2.24, 2.45) is 11.8 Å². The van der Waals surface area contributed by atoms with E-state index in [0.29, 0.717) is 0 Å². The molecule has 1 heteroatoms. The molecule has 68 valence electrons. The van der Waals surface area contributed by atoms with Crippen LogP contribution in [0, 0.1) is 11.8 Å². The Labute approximate surface area is 74.8 Å². The Kier molecular flexibility index (Phi) is 2.12. The van der Waals surface area contributed by atoms with Gasteiger partial charge in [-0.05, 0) is 36.7 Å². The second-order valence-electron chi connectivity index (χ2n) is 4.35. The zero-order valence-corrected chi connectivity index (χ0v) is 8.10. The molecular weight excluding hydrogens is 148 g/mol. The van der Waals surface area contributed by atoms with Crippen molar-refractivity contribution in [3.8, 4) is 0 Å². The Balaban J connectivity index is 2.20. The van der Waals surface area contributed by atoms with Gasteiger partial charge in [0.1, 0.15) is 0 Å². The van der Waals surface area contributed by atoms with Crippen LogP contribution >= 0.6 is 0 Å². The molecule has 0 spiro atoms. The molecule has 0 fully saturated rings. The van der Waals surface area contributed by atoms with E-state index in [1.165, 1.54) is 31.4 Å². The summed E-state index contributed by atoms with van der Waals surface area (Å²) < 4.78 is 5.70. The predicted molar refractivity (Wildman–Crippen MR) is 49.8 cm³/mol. The van der Waals surface area contributed by atoms with E-state index in [1.807, 2.05) is 0 Å². The molecule has 0 N–H and O–H groups in total. The Hall–Kier alpha value is -0.460. The molecule has 0 aromatic rings. The van der Waals surface area contributed by atoms with E-state index in [4.69, 9.17) is 4.74 Å². The summed E-state index contributed by atoms with van der Waals surface area (Å²) in [5.74, 6) is 2.95. The largest absolute Gasteiger partial charge is 0.498 e. The molecule has 0 radical (unpaired) electrons. The average molecular weight is 166 g/mol. The highest BCUT2D eigenvalue weighted by molar-refractivity contribution is 5.17. The summed E-state index contributed by atoms with van der Waals surface area (Å²) >= 11 is 0. The van der Waals surface area contributed by atoms with Crippen molar-refractivity contribution in [1.29, 1.82) is 0 Å². The van der Waals surface area contributed by atoms with Crippen LogP contribution in [-0.2, 0) is 4.74 Å². The summed E-state index contributed by atoms with van der Waals surface area (Å²) in [4.78, 5) is 0. The molecule has 0 unspecified atom stereocenters. The first kappa shape index (κ1) is 8.15. The highest BCUT2D eigenvalue weighted by Crippen LogP contribution is 2.38. The molecule has 2 aliphatic rings. The average Bonchev–Trinajstić information content (AvgIpc) is 2.04. The van der Waals surface area contributed by atoms with Gasteiger partial charge in [-0.3, -0.25) is 0 Å². The van der Waals surface area contributed by atoms with Gasteiger partial charge in [0.25, 0.3) is 0 Å². The molecule has 1 aliphatic heterocycles. The van der Waals surface area contributed by atoms with Crippen LogP contribution in [0.15, 0.2) is 11.3 Å². The smallest absolute Gasteiger partial charge is 0.0957 e. The number of allylic oxidation sites excluding steroid dienone is 2. The van der Waals surface area contributed by atoms with Crippen LogP contribution in [0.4, 0.5) is 0 Å². The first-order valence-corrected chi connectivity index (χ1v) is 5.12. The molecule has 0 aromatic heterocycles. The molecule has 1 aliphatic carbocycles. The fraction of sp³-hybridized carbons (Fsp3) is 0.818. The molecule has 0 saturated carbocycles. The molecule has 1 heterocycles. The van der Waals surface area contributed by atoms with E-state index < -0.39 is 0 Å². The van der Waals surface area contributed by atoms with Gasteiger partial charge in [0.05, 0.1) is 12.4 Å². The highest BCUT2D eigenvalue weighted by atomic mass is 16.5. The number of rotatable bonds is 0. The van der Waals surface area contributed by atoms with Gasteiger partial charge in [0.2, 0.25) is 0 Å². The van der Waals surface area contributed by atoms with Crippen LogP contribution in [0.2, 0.25) is 0 Å². The zero-order chi connectivity index (χ0) is 8.55. The first-order chi connectivity index (χ1) is 5.77. The second kappa shape index (κ2) is 3.12. The monoisotopic (exact) mass is 166 g/mol. The van der Waals surface area contributed by atoms with Crippen molar-refractivity contribution in [2.75, 3.05) is 6.61 Å². The molecule has 0 saturated heterocycles. The van der Waals surface area contributed by atoms with Crippen LogP contribution in [0.1, 0.15) is 39.5 Å². The Morgan fingerprint density at radius 1 is 1.33 bits per heavy atom. The fourth-order valence-electron chi connectivity index (χ4n) is 2.55. The standard InChI is InChI=1S/C11H18O/c1-8-6-9(2)10-4-3-5-12-11(10)7-8/h8-9H,3-7H2,1-2H3/t8-,9-/m1/s1. The lowest BCUT2D eigenvalue weighted by molar-refractivity contribution is 0.146. The maximum Gasteiger partial charge on any atom is 0.0957 e.